The molecule has 0 aliphatic rings. The van der Waals surface area contributed by atoms with E-state index in [4.69, 9.17) is 10.8 Å². The van der Waals surface area contributed by atoms with Gasteiger partial charge in [-0.3, -0.25) is 4.79 Å². The minimum absolute atomic E-state index is 0.120. The summed E-state index contributed by atoms with van der Waals surface area (Å²) >= 11 is 0. The molecule has 82 valence electrons. The van der Waals surface area contributed by atoms with E-state index in [1.807, 2.05) is 0 Å². The van der Waals surface area contributed by atoms with E-state index in [1.165, 1.54) is 12.1 Å². The smallest absolute Gasteiger partial charge is 0.320 e. The number of carbonyl (C=O) groups is 1. The number of nitrogens with two attached hydrogens (primary N) is 1. The van der Waals surface area contributed by atoms with Crippen LogP contribution in [-0.4, -0.2) is 27.3 Å². The van der Waals surface area contributed by atoms with Crippen LogP contribution in [0.3, 0.4) is 0 Å². The van der Waals surface area contributed by atoms with Crippen molar-refractivity contribution in [3.05, 3.63) is 23.3 Å². The van der Waals surface area contributed by atoms with Crippen LogP contribution >= 0.6 is 0 Å². The zero-order valence-electron chi connectivity index (χ0n) is 8.27. The molecule has 0 unspecified atom stereocenters. The molecular weight excluding hydrogens is 197 g/mol. The summed E-state index contributed by atoms with van der Waals surface area (Å²) in [5.41, 5.74) is 6.67. The van der Waals surface area contributed by atoms with Gasteiger partial charge in [-0.05, 0) is 36.6 Å². The molecule has 0 heterocycles. The van der Waals surface area contributed by atoms with Crippen molar-refractivity contribution in [1.82, 2.24) is 0 Å². The molecule has 0 bridgehead atoms. The molecule has 0 amide bonds. The number of aryl methyl sites for hydroxylation is 1. The van der Waals surface area contributed by atoms with Crippen LogP contribution in [0.5, 0.6) is 11.5 Å². The summed E-state index contributed by atoms with van der Waals surface area (Å²) in [4.78, 5) is 10.5. The molecular formula is C10H13NO4. The molecule has 0 spiro atoms. The van der Waals surface area contributed by atoms with Gasteiger partial charge in [0.1, 0.15) is 6.04 Å². The van der Waals surface area contributed by atoms with Crippen LogP contribution in [0.4, 0.5) is 0 Å². The van der Waals surface area contributed by atoms with Crippen molar-refractivity contribution in [3.8, 4) is 11.5 Å². The zero-order valence-corrected chi connectivity index (χ0v) is 8.27. The molecule has 5 N–H and O–H groups in total. The Kier molecular flexibility index (Phi) is 3.16. The molecule has 5 nitrogen and oxygen atoms in total. The second kappa shape index (κ2) is 4.18. The molecule has 1 aromatic rings. The van der Waals surface area contributed by atoms with E-state index in [0.29, 0.717) is 11.1 Å². The van der Waals surface area contributed by atoms with Crippen LogP contribution in [-0.2, 0) is 11.2 Å². The Labute approximate surface area is 86.8 Å². The minimum Gasteiger partial charge on any atom is -0.504 e. The summed E-state index contributed by atoms with van der Waals surface area (Å²) in [7, 11) is 0. The van der Waals surface area contributed by atoms with Gasteiger partial charge in [-0.1, -0.05) is 0 Å². The van der Waals surface area contributed by atoms with Crippen molar-refractivity contribution in [2.75, 3.05) is 0 Å². The third-order valence-corrected chi connectivity index (χ3v) is 2.19. The summed E-state index contributed by atoms with van der Waals surface area (Å²) in [6, 6.07) is 1.69. The average Bonchev–Trinajstić information content (AvgIpc) is 2.13. The van der Waals surface area contributed by atoms with E-state index >= 15 is 0 Å². The van der Waals surface area contributed by atoms with Crippen molar-refractivity contribution >= 4 is 5.97 Å². The van der Waals surface area contributed by atoms with Gasteiger partial charge in [0.25, 0.3) is 0 Å². The molecule has 1 aromatic carbocycles. The first-order valence-corrected chi connectivity index (χ1v) is 4.41. The number of carboxylic acid groups (broad SMARTS) is 1. The van der Waals surface area contributed by atoms with Crippen molar-refractivity contribution in [2.24, 2.45) is 5.73 Å². The van der Waals surface area contributed by atoms with Crippen LogP contribution in [0, 0.1) is 6.92 Å². The lowest BCUT2D eigenvalue weighted by atomic mass is 9.92. The topological polar surface area (TPSA) is 104 Å². The number of aliphatic carboxylic acids is 1. The second-order valence-corrected chi connectivity index (χ2v) is 3.42. The first-order valence-electron chi connectivity index (χ1n) is 4.41. The highest BCUT2D eigenvalue weighted by atomic mass is 16.4. The monoisotopic (exact) mass is 210 g/mol. The SMILES string of the molecule is [11CH3]c1cc(O)c(O)cc1C[C@H](N)C(=O)O. The predicted molar refractivity (Wildman–Crippen MR) is 53.8 cm³/mol. The summed E-state index contributed by atoms with van der Waals surface area (Å²) in [6.45, 7) is 1.71. The van der Waals surface area contributed by atoms with Crippen LogP contribution in [0.15, 0.2) is 12.1 Å². The lowest BCUT2D eigenvalue weighted by molar-refractivity contribution is -0.138. The van der Waals surface area contributed by atoms with Crippen molar-refractivity contribution in [1.29, 1.82) is 0 Å². The summed E-state index contributed by atoms with van der Waals surface area (Å²) in [5, 5.41) is 27.0. The molecule has 15 heavy (non-hydrogen) atoms. The number of carboxylic acids is 1. The van der Waals surface area contributed by atoms with Gasteiger partial charge in [0.15, 0.2) is 11.5 Å². The van der Waals surface area contributed by atoms with Gasteiger partial charge in [0.2, 0.25) is 0 Å². The van der Waals surface area contributed by atoms with Gasteiger partial charge in [-0.2, -0.15) is 0 Å². The van der Waals surface area contributed by atoms with E-state index < -0.39 is 12.0 Å². The molecule has 0 aliphatic heterocycles. The Hall–Kier alpha value is -1.75. The van der Waals surface area contributed by atoms with Crippen LogP contribution in [0.2, 0.25) is 0 Å². The third kappa shape index (κ3) is 2.60. The Bertz CT molecular complexity index is 389. The first-order chi connectivity index (χ1) is 6.91. The minimum atomic E-state index is -1.10. The summed E-state index contributed by atoms with van der Waals surface area (Å²) < 4.78 is 0. The van der Waals surface area contributed by atoms with E-state index in [-0.39, 0.29) is 17.9 Å². The third-order valence-electron chi connectivity index (χ3n) is 2.19. The van der Waals surface area contributed by atoms with Gasteiger partial charge in [0, 0.05) is 0 Å². The maximum Gasteiger partial charge on any atom is 0.320 e. The predicted octanol–water partition coefficient (Wildman–Crippen LogP) is 0.361. The number of phenolic OH excluding ortho intramolecular Hbond substituents is 2. The normalized spacial score (nSPS) is 12.4. The average molecular weight is 210 g/mol. The molecule has 1 rings (SSSR count). The van der Waals surface area contributed by atoms with Crippen molar-refractivity contribution in [3.63, 3.8) is 0 Å². The van der Waals surface area contributed by atoms with Crippen LogP contribution < -0.4 is 5.73 Å². The fraction of sp³-hybridized carbons (Fsp3) is 0.300. The molecule has 0 saturated heterocycles. The molecule has 0 radical (unpaired) electrons. The Morgan fingerprint density at radius 2 is 1.93 bits per heavy atom. The zero-order chi connectivity index (χ0) is 11.6. The number of phenols is 2. The molecule has 5 heteroatoms. The summed E-state index contributed by atoms with van der Waals surface area (Å²) in [5.74, 6) is -1.59. The lowest BCUT2D eigenvalue weighted by Gasteiger charge is -2.10. The standard InChI is InChI=1S/C10H13NO4/c1-5-2-8(12)9(13)4-6(5)3-7(11)10(14)15/h2,4,7,12-13H,3,11H2,1H3,(H,14,15)/t7-/m0/s1/i1-1. The number of aromatic hydroxyl groups is 2. The van der Waals surface area contributed by atoms with Gasteiger partial charge < -0.3 is 21.1 Å². The van der Waals surface area contributed by atoms with Gasteiger partial charge in [0.05, 0.1) is 0 Å². The van der Waals surface area contributed by atoms with Crippen LogP contribution in [0.1, 0.15) is 11.1 Å². The second-order valence-electron chi connectivity index (χ2n) is 3.42. The lowest BCUT2D eigenvalue weighted by Crippen LogP contribution is -2.32. The Morgan fingerprint density at radius 3 is 2.47 bits per heavy atom. The van der Waals surface area contributed by atoms with E-state index in [9.17, 15) is 15.0 Å². The highest BCUT2D eigenvalue weighted by Gasteiger charge is 2.14. The first kappa shape index (κ1) is 11.3. The number of hydrogen-bond acceptors (Lipinski definition) is 4. The number of benzene rings is 1. The molecule has 1 atom stereocenters. The largest absolute Gasteiger partial charge is 0.504 e. The van der Waals surface area contributed by atoms with E-state index in [2.05, 4.69) is 0 Å². The highest BCUT2D eigenvalue weighted by Crippen LogP contribution is 2.28. The van der Waals surface area contributed by atoms with Gasteiger partial charge in [-0.15, -0.1) is 0 Å². The highest BCUT2D eigenvalue weighted by molar-refractivity contribution is 5.73. The fourth-order valence-electron chi connectivity index (χ4n) is 1.27. The van der Waals surface area contributed by atoms with E-state index in [0.717, 1.165) is 0 Å². The van der Waals surface area contributed by atoms with Gasteiger partial charge in [-0.25, -0.2) is 0 Å². The molecule has 0 aromatic heterocycles. The fourth-order valence-corrected chi connectivity index (χ4v) is 1.27. The quantitative estimate of drug-likeness (QED) is 0.539. The number of hydrogen-bond donors (Lipinski definition) is 4. The maximum atomic E-state index is 10.5. The van der Waals surface area contributed by atoms with E-state index in [1.54, 1.807) is 6.92 Å². The molecule has 0 aliphatic carbocycles. The van der Waals surface area contributed by atoms with Crippen molar-refractivity contribution < 1.29 is 20.1 Å². The Morgan fingerprint density at radius 1 is 1.40 bits per heavy atom. The van der Waals surface area contributed by atoms with Gasteiger partial charge >= 0.3 is 5.97 Å². The maximum absolute atomic E-state index is 10.5. The summed E-state index contributed by atoms with van der Waals surface area (Å²) in [6.07, 6.45) is 0.120. The van der Waals surface area contributed by atoms with Crippen molar-refractivity contribution in [2.45, 2.75) is 19.4 Å². The Balaban J connectivity index is 2.95. The number of rotatable bonds is 3. The van der Waals surface area contributed by atoms with Crippen LogP contribution in [0.25, 0.3) is 0 Å². The molecule has 0 fully saturated rings. The molecule has 0 saturated carbocycles.